The number of aromatic nitrogens is 1. The Bertz CT molecular complexity index is 499. The summed E-state index contributed by atoms with van der Waals surface area (Å²) in [5.41, 5.74) is 0.341. The second-order valence-corrected chi connectivity index (χ2v) is 3.47. The van der Waals surface area contributed by atoms with Crippen LogP contribution in [-0.4, -0.2) is 11.0 Å². The number of carbonyl (C=O) groups is 1. The van der Waals surface area contributed by atoms with Crippen molar-refractivity contribution in [2.75, 3.05) is 0 Å². The first-order valence-corrected chi connectivity index (χ1v) is 5.02. The lowest BCUT2D eigenvalue weighted by atomic mass is 10.2. The van der Waals surface area contributed by atoms with Gasteiger partial charge in [-0.15, -0.1) is 0 Å². The zero-order chi connectivity index (χ0) is 11.4. The molecule has 0 saturated carbocycles. The summed E-state index contributed by atoms with van der Waals surface area (Å²) in [6, 6.07) is 10.1. The third kappa shape index (κ3) is 2.38. The maximum atomic E-state index is 11.7. The van der Waals surface area contributed by atoms with E-state index in [-0.39, 0.29) is 0 Å². The van der Waals surface area contributed by atoms with E-state index in [0.717, 1.165) is 0 Å². The Morgan fingerprint density at radius 2 is 2.00 bits per heavy atom. The molecule has 2 aromatic rings. The van der Waals surface area contributed by atoms with E-state index in [1.165, 1.54) is 6.20 Å². The highest BCUT2D eigenvalue weighted by atomic mass is 35.5. The van der Waals surface area contributed by atoms with Crippen LogP contribution in [0.15, 0.2) is 48.8 Å². The van der Waals surface area contributed by atoms with Gasteiger partial charge in [-0.1, -0.05) is 23.7 Å². The van der Waals surface area contributed by atoms with Crippen LogP contribution in [0.1, 0.15) is 10.4 Å². The summed E-state index contributed by atoms with van der Waals surface area (Å²) >= 11 is 5.87. The van der Waals surface area contributed by atoms with Gasteiger partial charge in [0, 0.05) is 6.20 Å². The molecule has 2 rings (SSSR count). The summed E-state index contributed by atoms with van der Waals surface area (Å²) in [6.07, 6.45) is 3.07. The molecule has 3 nitrogen and oxygen atoms in total. The number of pyridine rings is 1. The van der Waals surface area contributed by atoms with Crippen molar-refractivity contribution in [2.24, 2.45) is 0 Å². The summed E-state index contributed by atoms with van der Waals surface area (Å²) in [5.74, 6) is -0.0916. The fourth-order valence-electron chi connectivity index (χ4n) is 1.20. The van der Waals surface area contributed by atoms with Crippen LogP contribution in [0.3, 0.4) is 0 Å². The van der Waals surface area contributed by atoms with Crippen LogP contribution in [0.4, 0.5) is 0 Å². The molecule has 1 aromatic heterocycles. The average molecular weight is 234 g/mol. The highest BCUT2D eigenvalue weighted by molar-refractivity contribution is 6.33. The van der Waals surface area contributed by atoms with Crippen molar-refractivity contribution in [2.45, 2.75) is 0 Å². The van der Waals surface area contributed by atoms with Gasteiger partial charge in [0.15, 0.2) is 0 Å². The maximum absolute atomic E-state index is 11.7. The predicted octanol–water partition coefficient (Wildman–Crippen LogP) is 2.95. The van der Waals surface area contributed by atoms with Crippen LogP contribution < -0.4 is 4.74 Å². The van der Waals surface area contributed by atoms with Gasteiger partial charge in [-0.05, 0) is 24.3 Å². The first-order valence-electron chi connectivity index (χ1n) is 4.64. The molecule has 0 aliphatic carbocycles. The Kier molecular flexibility index (Phi) is 3.17. The average Bonchev–Trinajstić information content (AvgIpc) is 2.31. The number of esters is 1. The molecule has 80 valence electrons. The maximum Gasteiger partial charge on any atom is 0.345 e. The van der Waals surface area contributed by atoms with Crippen LogP contribution in [0, 0.1) is 0 Å². The van der Waals surface area contributed by atoms with E-state index in [0.29, 0.717) is 16.3 Å². The molecule has 4 heteroatoms. The van der Waals surface area contributed by atoms with Crippen molar-refractivity contribution >= 4 is 17.6 Å². The van der Waals surface area contributed by atoms with Crippen molar-refractivity contribution < 1.29 is 9.53 Å². The molecule has 1 heterocycles. The molecule has 16 heavy (non-hydrogen) atoms. The summed E-state index contributed by atoms with van der Waals surface area (Å²) in [6.45, 7) is 0. The normalized spacial score (nSPS) is 9.81. The van der Waals surface area contributed by atoms with Gasteiger partial charge in [-0.25, -0.2) is 4.79 Å². The van der Waals surface area contributed by atoms with Crippen molar-refractivity contribution in [3.8, 4) is 5.75 Å². The number of benzene rings is 1. The number of ether oxygens (including phenoxy) is 1. The first-order chi connectivity index (χ1) is 7.77. The molecule has 0 bridgehead atoms. The summed E-state index contributed by atoms with van der Waals surface area (Å²) < 4.78 is 5.10. The third-order valence-corrected chi connectivity index (χ3v) is 2.27. The second-order valence-electron chi connectivity index (χ2n) is 3.06. The SMILES string of the molecule is O=C(Oc1cccnc1)c1ccccc1Cl. The first kappa shape index (κ1) is 10.6. The van der Waals surface area contributed by atoms with Crippen LogP contribution in [0.25, 0.3) is 0 Å². The summed E-state index contributed by atoms with van der Waals surface area (Å²) in [5, 5.41) is 0.372. The molecule has 0 unspecified atom stereocenters. The molecule has 0 atom stereocenters. The number of hydrogen-bond acceptors (Lipinski definition) is 3. The Morgan fingerprint density at radius 1 is 1.19 bits per heavy atom. The molecular weight excluding hydrogens is 226 g/mol. The molecule has 0 amide bonds. The monoisotopic (exact) mass is 233 g/mol. The van der Waals surface area contributed by atoms with Crippen molar-refractivity contribution in [1.82, 2.24) is 4.98 Å². The third-order valence-electron chi connectivity index (χ3n) is 1.94. The van der Waals surface area contributed by atoms with Crippen molar-refractivity contribution in [1.29, 1.82) is 0 Å². The van der Waals surface area contributed by atoms with Gasteiger partial charge in [0.25, 0.3) is 0 Å². The predicted molar refractivity (Wildman–Crippen MR) is 60.6 cm³/mol. The van der Waals surface area contributed by atoms with Gasteiger partial charge in [0.2, 0.25) is 0 Å². The topological polar surface area (TPSA) is 39.2 Å². The fourth-order valence-corrected chi connectivity index (χ4v) is 1.41. The smallest absolute Gasteiger partial charge is 0.345 e. The van der Waals surface area contributed by atoms with Crippen LogP contribution in [-0.2, 0) is 0 Å². The lowest BCUT2D eigenvalue weighted by Gasteiger charge is -2.04. The van der Waals surface area contributed by atoms with E-state index in [4.69, 9.17) is 16.3 Å². The molecular formula is C12H8ClNO2. The van der Waals surface area contributed by atoms with Gasteiger partial charge >= 0.3 is 5.97 Å². The van der Waals surface area contributed by atoms with E-state index >= 15 is 0 Å². The molecule has 0 spiro atoms. The second kappa shape index (κ2) is 4.77. The minimum Gasteiger partial charge on any atom is -0.421 e. The zero-order valence-electron chi connectivity index (χ0n) is 8.26. The van der Waals surface area contributed by atoms with Gasteiger partial charge in [0.1, 0.15) is 5.75 Å². The standard InChI is InChI=1S/C12H8ClNO2/c13-11-6-2-1-5-10(11)12(15)16-9-4-3-7-14-8-9/h1-8H. The Balaban J connectivity index is 2.19. The zero-order valence-corrected chi connectivity index (χ0v) is 9.02. The van der Waals surface area contributed by atoms with E-state index in [9.17, 15) is 4.79 Å². The molecule has 0 aliphatic heterocycles. The lowest BCUT2D eigenvalue weighted by Crippen LogP contribution is -2.08. The molecule has 0 fully saturated rings. The number of halogens is 1. The number of carbonyl (C=O) groups excluding carboxylic acids is 1. The number of rotatable bonds is 2. The fraction of sp³-hybridized carbons (Fsp3) is 0. The van der Waals surface area contributed by atoms with E-state index < -0.39 is 5.97 Å². The largest absolute Gasteiger partial charge is 0.421 e. The van der Waals surface area contributed by atoms with Gasteiger partial charge in [-0.2, -0.15) is 0 Å². The van der Waals surface area contributed by atoms with E-state index in [1.807, 2.05) is 0 Å². The Hall–Kier alpha value is -1.87. The van der Waals surface area contributed by atoms with Crippen molar-refractivity contribution in [3.05, 3.63) is 59.4 Å². The molecule has 0 saturated heterocycles. The van der Waals surface area contributed by atoms with E-state index in [2.05, 4.69) is 4.98 Å². The quantitative estimate of drug-likeness (QED) is 0.749. The van der Waals surface area contributed by atoms with Gasteiger partial charge in [-0.3, -0.25) is 4.98 Å². The molecule has 1 aromatic carbocycles. The minimum absolute atomic E-state index is 0.341. The minimum atomic E-state index is -0.487. The van der Waals surface area contributed by atoms with Crippen LogP contribution in [0.2, 0.25) is 5.02 Å². The number of hydrogen-bond donors (Lipinski definition) is 0. The Morgan fingerprint density at radius 3 is 2.69 bits per heavy atom. The molecule has 0 aliphatic rings. The highest BCUT2D eigenvalue weighted by Gasteiger charge is 2.11. The Labute approximate surface area is 97.7 Å². The van der Waals surface area contributed by atoms with Gasteiger partial charge in [0.05, 0.1) is 16.8 Å². The summed E-state index contributed by atoms with van der Waals surface area (Å²) in [4.78, 5) is 15.5. The molecule has 0 radical (unpaired) electrons. The van der Waals surface area contributed by atoms with Crippen LogP contribution in [0.5, 0.6) is 5.75 Å². The van der Waals surface area contributed by atoms with Crippen molar-refractivity contribution in [3.63, 3.8) is 0 Å². The highest BCUT2D eigenvalue weighted by Crippen LogP contribution is 2.17. The lowest BCUT2D eigenvalue weighted by molar-refractivity contribution is 0.0734. The molecule has 0 N–H and O–H groups in total. The summed E-state index contributed by atoms with van der Waals surface area (Å²) in [7, 11) is 0. The van der Waals surface area contributed by atoms with Crippen LogP contribution >= 0.6 is 11.6 Å². The number of nitrogens with zero attached hydrogens (tertiary/aromatic N) is 1. The van der Waals surface area contributed by atoms with E-state index in [1.54, 1.807) is 42.6 Å². The van der Waals surface area contributed by atoms with Gasteiger partial charge < -0.3 is 4.74 Å².